The predicted molar refractivity (Wildman–Crippen MR) is 86.3 cm³/mol. The van der Waals surface area contributed by atoms with Crippen molar-refractivity contribution in [3.63, 3.8) is 0 Å². The van der Waals surface area contributed by atoms with E-state index in [2.05, 4.69) is 50.4 Å². The second-order valence-corrected chi connectivity index (χ2v) is 6.69. The van der Waals surface area contributed by atoms with Crippen LogP contribution in [-0.2, 0) is 10.2 Å². The van der Waals surface area contributed by atoms with Gasteiger partial charge in [-0.15, -0.1) is 11.6 Å². The zero-order chi connectivity index (χ0) is 15.2. The van der Waals surface area contributed by atoms with Gasteiger partial charge in [-0.2, -0.15) is 0 Å². The van der Waals surface area contributed by atoms with Crippen molar-refractivity contribution in [2.45, 2.75) is 58.4 Å². The van der Waals surface area contributed by atoms with Crippen LogP contribution in [0.25, 0.3) is 0 Å². The molecular weight excluding hydrogens is 270 g/mol. The fraction of sp³-hybridized carbons (Fsp3) is 0.588. The average Bonchev–Trinajstić information content (AvgIpc) is 2.38. The molecule has 20 heavy (non-hydrogen) atoms. The first kappa shape index (κ1) is 17.0. The number of hydrogen-bond donors (Lipinski definition) is 1. The number of halogens is 1. The number of carbonyl (C=O) groups is 1. The molecular formula is C17H26ClNO. The van der Waals surface area contributed by atoms with Gasteiger partial charge in [-0.25, -0.2) is 0 Å². The van der Waals surface area contributed by atoms with Gasteiger partial charge < -0.3 is 5.32 Å². The summed E-state index contributed by atoms with van der Waals surface area (Å²) < 4.78 is 0. The number of rotatable bonds is 6. The molecule has 0 saturated carbocycles. The molecule has 0 radical (unpaired) electrons. The van der Waals surface area contributed by atoms with Crippen molar-refractivity contribution >= 4 is 17.5 Å². The molecule has 1 aromatic carbocycles. The second-order valence-electron chi connectivity index (χ2n) is 6.31. The number of unbranched alkanes of at least 4 members (excludes halogenated alkanes) is 1. The molecule has 112 valence electrons. The highest BCUT2D eigenvalue weighted by molar-refractivity contribution is 6.17. The fourth-order valence-corrected chi connectivity index (χ4v) is 2.24. The van der Waals surface area contributed by atoms with Crippen LogP contribution in [0, 0.1) is 0 Å². The summed E-state index contributed by atoms with van der Waals surface area (Å²) in [6, 6.07) is 8.54. The Hall–Kier alpha value is -1.02. The van der Waals surface area contributed by atoms with Crippen LogP contribution in [0.15, 0.2) is 24.3 Å². The molecule has 3 heteroatoms. The zero-order valence-corrected chi connectivity index (χ0v) is 13.8. The van der Waals surface area contributed by atoms with E-state index in [1.165, 1.54) is 5.56 Å². The van der Waals surface area contributed by atoms with Crippen LogP contribution in [0.5, 0.6) is 0 Å². The van der Waals surface area contributed by atoms with Gasteiger partial charge in [-0.1, -0.05) is 45.0 Å². The Bertz CT molecular complexity index is 420. The first-order valence-electron chi connectivity index (χ1n) is 7.30. The molecule has 0 fully saturated rings. The summed E-state index contributed by atoms with van der Waals surface area (Å²) in [5, 5.41) is 3.03. The number of nitrogens with one attached hydrogen (secondary N) is 1. The van der Waals surface area contributed by atoms with Crippen LogP contribution in [0.2, 0.25) is 0 Å². The molecule has 1 rings (SSSR count). The minimum atomic E-state index is 0.0486. The third-order valence-electron chi connectivity index (χ3n) is 3.44. The molecule has 2 nitrogen and oxygen atoms in total. The number of benzene rings is 1. The van der Waals surface area contributed by atoms with Crippen molar-refractivity contribution in [3.05, 3.63) is 35.4 Å². The molecule has 1 unspecified atom stereocenters. The van der Waals surface area contributed by atoms with Crippen LogP contribution < -0.4 is 5.32 Å². The molecule has 0 bridgehead atoms. The minimum absolute atomic E-state index is 0.0486. The molecule has 1 aromatic rings. The molecule has 0 aromatic heterocycles. The van der Waals surface area contributed by atoms with E-state index < -0.39 is 0 Å². The summed E-state index contributed by atoms with van der Waals surface area (Å²) in [5.41, 5.74) is 2.61. The normalized spacial score (nSPS) is 13.1. The highest BCUT2D eigenvalue weighted by atomic mass is 35.5. The van der Waals surface area contributed by atoms with E-state index in [-0.39, 0.29) is 17.4 Å². The molecule has 0 aliphatic carbocycles. The summed E-state index contributed by atoms with van der Waals surface area (Å²) >= 11 is 5.61. The first-order chi connectivity index (χ1) is 9.34. The molecule has 1 N–H and O–H groups in total. The van der Waals surface area contributed by atoms with Gasteiger partial charge in [0.1, 0.15) is 0 Å². The number of amides is 1. The minimum Gasteiger partial charge on any atom is -0.350 e. The van der Waals surface area contributed by atoms with Crippen LogP contribution >= 0.6 is 11.6 Å². The molecule has 0 aliphatic rings. The Labute approximate surface area is 127 Å². The summed E-state index contributed by atoms with van der Waals surface area (Å²) in [6.07, 6.45) is 2.30. The third-order valence-corrected chi connectivity index (χ3v) is 3.71. The lowest BCUT2D eigenvalue weighted by Crippen LogP contribution is -2.26. The molecule has 0 saturated heterocycles. The lowest BCUT2D eigenvalue weighted by atomic mass is 9.86. The van der Waals surface area contributed by atoms with Gasteiger partial charge in [-0.05, 0) is 36.3 Å². The monoisotopic (exact) mass is 295 g/mol. The lowest BCUT2D eigenvalue weighted by molar-refractivity contribution is -0.121. The molecule has 0 heterocycles. The van der Waals surface area contributed by atoms with Crippen molar-refractivity contribution in [2.75, 3.05) is 5.88 Å². The van der Waals surface area contributed by atoms with Crippen LogP contribution in [-0.4, -0.2) is 11.8 Å². The van der Waals surface area contributed by atoms with Crippen molar-refractivity contribution in [2.24, 2.45) is 0 Å². The van der Waals surface area contributed by atoms with Crippen molar-refractivity contribution in [1.82, 2.24) is 5.32 Å². The fourth-order valence-electron chi connectivity index (χ4n) is 2.05. The zero-order valence-electron chi connectivity index (χ0n) is 13.0. The summed E-state index contributed by atoms with van der Waals surface area (Å²) in [6.45, 7) is 8.61. The van der Waals surface area contributed by atoms with Crippen molar-refractivity contribution in [3.8, 4) is 0 Å². The molecule has 0 spiro atoms. The maximum Gasteiger partial charge on any atom is 0.220 e. The van der Waals surface area contributed by atoms with Crippen LogP contribution in [0.3, 0.4) is 0 Å². The Balaban J connectivity index is 2.55. The summed E-state index contributed by atoms with van der Waals surface area (Å²) in [5.74, 6) is 0.722. The maximum absolute atomic E-state index is 11.8. The van der Waals surface area contributed by atoms with Crippen molar-refractivity contribution in [1.29, 1.82) is 0 Å². The maximum atomic E-state index is 11.8. The Morgan fingerprint density at radius 1 is 1.20 bits per heavy atom. The lowest BCUT2D eigenvalue weighted by Gasteiger charge is -2.20. The van der Waals surface area contributed by atoms with Gasteiger partial charge in [0, 0.05) is 12.3 Å². The predicted octanol–water partition coefficient (Wildman–Crippen LogP) is 4.57. The smallest absolute Gasteiger partial charge is 0.220 e. The Morgan fingerprint density at radius 2 is 1.80 bits per heavy atom. The van der Waals surface area contributed by atoms with E-state index in [4.69, 9.17) is 11.6 Å². The Kier molecular flexibility index (Phi) is 6.54. The van der Waals surface area contributed by atoms with Crippen LogP contribution in [0.1, 0.15) is 64.1 Å². The SMILES string of the molecule is CC(NC(=O)CCCCCl)c1ccc(C(C)(C)C)cc1. The van der Waals surface area contributed by atoms with Gasteiger partial charge in [0.15, 0.2) is 0 Å². The van der Waals surface area contributed by atoms with Gasteiger partial charge in [-0.3, -0.25) is 4.79 Å². The highest BCUT2D eigenvalue weighted by Crippen LogP contribution is 2.23. The molecule has 1 atom stereocenters. The van der Waals surface area contributed by atoms with E-state index in [1.54, 1.807) is 0 Å². The Morgan fingerprint density at radius 3 is 2.30 bits per heavy atom. The quantitative estimate of drug-likeness (QED) is 0.604. The second kappa shape index (κ2) is 7.68. The largest absolute Gasteiger partial charge is 0.350 e. The molecule has 0 aliphatic heterocycles. The topological polar surface area (TPSA) is 29.1 Å². The van der Waals surface area contributed by atoms with Gasteiger partial charge in [0.25, 0.3) is 0 Å². The van der Waals surface area contributed by atoms with Crippen molar-refractivity contribution < 1.29 is 4.79 Å². The van der Waals surface area contributed by atoms with E-state index >= 15 is 0 Å². The van der Waals surface area contributed by atoms with E-state index in [1.807, 2.05) is 6.92 Å². The first-order valence-corrected chi connectivity index (χ1v) is 7.84. The van der Waals surface area contributed by atoms with E-state index in [0.717, 1.165) is 18.4 Å². The number of carbonyl (C=O) groups excluding carboxylic acids is 1. The molecule has 1 amide bonds. The van der Waals surface area contributed by atoms with E-state index in [9.17, 15) is 4.79 Å². The van der Waals surface area contributed by atoms with Crippen LogP contribution in [0.4, 0.5) is 0 Å². The van der Waals surface area contributed by atoms with Gasteiger partial charge in [0.2, 0.25) is 5.91 Å². The highest BCUT2D eigenvalue weighted by Gasteiger charge is 2.14. The number of alkyl halides is 1. The summed E-state index contributed by atoms with van der Waals surface area (Å²) in [7, 11) is 0. The number of hydrogen-bond acceptors (Lipinski definition) is 1. The van der Waals surface area contributed by atoms with Gasteiger partial charge >= 0.3 is 0 Å². The third kappa shape index (κ3) is 5.54. The standard InChI is InChI=1S/C17H26ClNO/c1-13(19-16(20)7-5-6-12-18)14-8-10-15(11-9-14)17(2,3)4/h8-11,13H,5-7,12H2,1-4H3,(H,19,20). The summed E-state index contributed by atoms with van der Waals surface area (Å²) in [4.78, 5) is 11.8. The average molecular weight is 296 g/mol. The van der Waals surface area contributed by atoms with Gasteiger partial charge in [0.05, 0.1) is 6.04 Å². The van der Waals surface area contributed by atoms with E-state index in [0.29, 0.717) is 12.3 Å².